The van der Waals surface area contributed by atoms with Gasteiger partial charge in [-0.2, -0.15) is 0 Å². The summed E-state index contributed by atoms with van der Waals surface area (Å²) in [5, 5.41) is 0.673. The summed E-state index contributed by atoms with van der Waals surface area (Å²) in [6.45, 7) is 2.49. The number of ether oxygens (including phenoxy) is 2. The third-order valence-corrected chi connectivity index (χ3v) is 4.75. The fourth-order valence-corrected chi connectivity index (χ4v) is 3.09. The van der Waals surface area contributed by atoms with Crippen molar-refractivity contribution in [3.63, 3.8) is 0 Å². The Bertz CT molecular complexity index is 762. The Morgan fingerprint density at radius 3 is 2.42 bits per heavy atom. The molecule has 3 nitrogen and oxygen atoms in total. The first kappa shape index (κ1) is 17.1. The van der Waals surface area contributed by atoms with Crippen LogP contribution in [0.15, 0.2) is 30.3 Å². The van der Waals surface area contributed by atoms with Gasteiger partial charge < -0.3 is 9.47 Å². The van der Waals surface area contributed by atoms with Crippen molar-refractivity contribution in [2.24, 2.45) is 5.92 Å². The molecule has 2 aromatic carbocycles. The van der Waals surface area contributed by atoms with Gasteiger partial charge in [0.1, 0.15) is 0 Å². The number of benzene rings is 2. The highest BCUT2D eigenvalue weighted by Crippen LogP contribution is 2.36. The number of carbonyl (C=O) groups is 1. The Labute approximate surface area is 151 Å². The minimum atomic E-state index is -0.220. The van der Waals surface area contributed by atoms with Crippen LogP contribution in [0.4, 0.5) is 0 Å². The molecule has 5 heteroatoms. The first-order valence-electron chi connectivity index (χ1n) is 7.81. The molecular formula is C19H18Cl2O3. The summed E-state index contributed by atoms with van der Waals surface area (Å²) in [5.41, 5.74) is 1.60. The van der Waals surface area contributed by atoms with Crippen LogP contribution in [0.2, 0.25) is 10.0 Å². The second-order valence-electron chi connectivity index (χ2n) is 6.00. The highest BCUT2D eigenvalue weighted by molar-refractivity contribution is 6.41. The number of methoxy groups -OCH3 is 1. The SMILES string of the molecule is COc1cc(C)c(C(=O)c2c(Cl)cccc2Cl)cc1OCC1CC1. The van der Waals surface area contributed by atoms with Crippen molar-refractivity contribution in [3.05, 3.63) is 57.1 Å². The molecule has 1 aliphatic carbocycles. The van der Waals surface area contributed by atoms with E-state index in [1.165, 1.54) is 12.8 Å². The first-order chi connectivity index (χ1) is 11.5. The molecule has 0 bridgehead atoms. The van der Waals surface area contributed by atoms with Gasteiger partial charge in [0.2, 0.25) is 0 Å². The molecule has 0 radical (unpaired) electrons. The summed E-state index contributed by atoms with van der Waals surface area (Å²) in [5.74, 6) is 1.58. The Hall–Kier alpha value is -1.71. The van der Waals surface area contributed by atoms with Gasteiger partial charge in [-0.1, -0.05) is 29.3 Å². The Kier molecular flexibility index (Phi) is 5.02. The van der Waals surface area contributed by atoms with E-state index < -0.39 is 0 Å². The van der Waals surface area contributed by atoms with Crippen LogP contribution in [0.25, 0.3) is 0 Å². The molecule has 0 heterocycles. The second kappa shape index (κ2) is 7.04. The molecular weight excluding hydrogens is 347 g/mol. The third kappa shape index (κ3) is 3.52. The fourth-order valence-electron chi connectivity index (χ4n) is 2.52. The Balaban J connectivity index is 1.99. The molecule has 0 N–H and O–H groups in total. The number of carbonyl (C=O) groups excluding carboxylic acids is 1. The first-order valence-corrected chi connectivity index (χ1v) is 8.57. The van der Waals surface area contributed by atoms with E-state index in [-0.39, 0.29) is 5.78 Å². The van der Waals surface area contributed by atoms with Crippen molar-refractivity contribution in [1.29, 1.82) is 0 Å². The lowest BCUT2D eigenvalue weighted by molar-refractivity contribution is 0.103. The molecule has 0 aromatic heterocycles. The molecule has 3 rings (SSSR count). The highest BCUT2D eigenvalue weighted by Gasteiger charge is 2.24. The van der Waals surface area contributed by atoms with Crippen LogP contribution in [-0.4, -0.2) is 19.5 Å². The fraction of sp³-hybridized carbons (Fsp3) is 0.316. The van der Waals surface area contributed by atoms with Crippen LogP contribution in [0.5, 0.6) is 11.5 Å². The van der Waals surface area contributed by atoms with Crippen molar-refractivity contribution in [2.75, 3.05) is 13.7 Å². The molecule has 0 atom stereocenters. The topological polar surface area (TPSA) is 35.5 Å². The molecule has 1 fully saturated rings. The summed E-state index contributed by atoms with van der Waals surface area (Å²) in [4.78, 5) is 12.9. The molecule has 0 amide bonds. The van der Waals surface area contributed by atoms with Crippen LogP contribution >= 0.6 is 23.2 Å². The predicted octanol–water partition coefficient (Wildman–Crippen LogP) is 5.33. The van der Waals surface area contributed by atoms with E-state index >= 15 is 0 Å². The standard InChI is InChI=1S/C19H18Cl2O3/c1-11-8-16(23-2)17(24-10-12-6-7-12)9-13(11)19(22)18-14(20)4-3-5-15(18)21/h3-5,8-9,12H,6-7,10H2,1-2H3. The summed E-state index contributed by atoms with van der Waals surface area (Å²) in [7, 11) is 1.59. The normalized spacial score (nSPS) is 13.7. The maximum absolute atomic E-state index is 12.9. The molecule has 126 valence electrons. The van der Waals surface area contributed by atoms with Crippen molar-refractivity contribution in [3.8, 4) is 11.5 Å². The van der Waals surface area contributed by atoms with Crippen LogP contribution in [0.1, 0.15) is 34.3 Å². The van der Waals surface area contributed by atoms with Gasteiger partial charge >= 0.3 is 0 Å². The number of ketones is 1. The highest BCUT2D eigenvalue weighted by atomic mass is 35.5. The van der Waals surface area contributed by atoms with Crippen LogP contribution in [-0.2, 0) is 0 Å². The van der Waals surface area contributed by atoms with E-state index in [1.807, 2.05) is 6.92 Å². The van der Waals surface area contributed by atoms with E-state index in [9.17, 15) is 4.79 Å². The number of aryl methyl sites for hydroxylation is 1. The maximum atomic E-state index is 12.9. The summed E-state index contributed by atoms with van der Waals surface area (Å²) in [6, 6.07) is 8.55. The minimum absolute atomic E-state index is 0.220. The van der Waals surface area contributed by atoms with Crippen LogP contribution in [0, 0.1) is 12.8 Å². The lowest BCUT2D eigenvalue weighted by atomic mass is 9.98. The van der Waals surface area contributed by atoms with Gasteiger partial charge in [0.05, 0.1) is 29.3 Å². The lowest BCUT2D eigenvalue weighted by Crippen LogP contribution is -2.08. The van der Waals surface area contributed by atoms with Crippen molar-refractivity contribution in [2.45, 2.75) is 19.8 Å². The Morgan fingerprint density at radius 1 is 1.17 bits per heavy atom. The van der Waals surface area contributed by atoms with E-state index in [4.69, 9.17) is 32.7 Å². The van der Waals surface area contributed by atoms with Gasteiger partial charge in [-0.15, -0.1) is 0 Å². The third-order valence-electron chi connectivity index (χ3n) is 4.12. The summed E-state index contributed by atoms with van der Waals surface area (Å²) in [6.07, 6.45) is 2.38. The summed E-state index contributed by atoms with van der Waals surface area (Å²) < 4.78 is 11.2. The minimum Gasteiger partial charge on any atom is -0.493 e. The molecule has 0 saturated heterocycles. The molecule has 0 aliphatic heterocycles. The Morgan fingerprint density at radius 2 is 1.83 bits per heavy atom. The number of rotatable bonds is 6. The van der Waals surface area contributed by atoms with Gasteiger partial charge in [-0.25, -0.2) is 0 Å². The predicted molar refractivity (Wildman–Crippen MR) is 95.8 cm³/mol. The van der Waals surface area contributed by atoms with Crippen LogP contribution < -0.4 is 9.47 Å². The van der Waals surface area contributed by atoms with Gasteiger partial charge in [0, 0.05) is 5.56 Å². The molecule has 0 spiro atoms. The van der Waals surface area contributed by atoms with Crippen LogP contribution in [0.3, 0.4) is 0 Å². The van der Waals surface area contributed by atoms with E-state index in [2.05, 4.69) is 0 Å². The lowest BCUT2D eigenvalue weighted by Gasteiger charge is -2.15. The van der Waals surface area contributed by atoms with E-state index in [1.54, 1.807) is 37.4 Å². The van der Waals surface area contributed by atoms with E-state index in [0.717, 1.165) is 5.56 Å². The molecule has 1 saturated carbocycles. The zero-order valence-corrected chi connectivity index (χ0v) is 15.1. The van der Waals surface area contributed by atoms with Gasteiger partial charge in [-0.3, -0.25) is 4.79 Å². The number of hydrogen-bond acceptors (Lipinski definition) is 3. The molecule has 0 unspecified atom stereocenters. The smallest absolute Gasteiger partial charge is 0.196 e. The average molecular weight is 365 g/mol. The monoisotopic (exact) mass is 364 g/mol. The van der Waals surface area contributed by atoms with Crippen molar-refractivity contribution >= 4 is 29.0 Å². The number of halogens is 2. The molecule has 1 aliphatic rings. The zero-order valence-electron chi connectivity index (χ0n) is 13.6. The quantitative estimate of drug-likeness (QED) is 0.649. The van der Waals surface area contributed by atoms with Gasteiger partial charge in [0.15, 0.2) is 17.3 Å². The van der Waals surface area contributed by atoms with E-state index in [0.29, 0.717) is 45.2 Å². The van der Waals surface area contributed by atoms with Crippen molar-refractivity contribution in [1.82, 2.24) is 0 Å². The number of hydrogen-bond donors (Lipinski definition) is 0. The zero-order chi connectivity index (χ0) is 17.3. The second-order valence-corrected chi connectivity index (χ2v) is 6.81. The van der Waals surface area contributed by atoms with Gasteiger partial charge in [0.25, 0.3) is 0 Å². The largest absolute Gasteiger partial charge is 0.493 e. The molecule has 24 heavy (non-hydrogen) atoms. The van der Waals surface area contributed by atoms with Crippen molar-refractivity contribution < 1.29 is 14.3 Å². The maximum Gasteiger partial charge on any atom is 0.196 e. The molecule has 2 aromatic rings. The summed E-state index contributed by atoms with van der Waals surface area (Å²) >= 11 is 12.3. The average Bonchev–Trinajstić information content (AvgIpc) is 3.37. The van der Waals surface area contributed by atoms with Gasteiger partial charge in [-0.05, 0) is 55.5 Å².